The molecule has 0 unspecified atom stereocenters. The lowest BCUT2D eigenvalue weighted by Gasteiger charge is -2.13. The number of carbonyl (C=O) groups is 2. The maximum Gasteiger partial charge on any atom is 0.345 e. The number of nitrogens with zero attached hydrogens (tertiary/aromatic N) is 5. The molecule has 0 aliphatic carbocycles. The zero-order chi connectivity index (χ0) is 27.8. The van der Waals surface area contributed by atoms with E-state index in [9.17, 15) is 19.2 Å². The molecule has 4 rings (SSSR count). The summed E-state index contributed by atoms with van der Waals surface area (Å²) in [5.41, 5.74) is 4.75. The highest BCUT2D eigenvalue weighted by Crippen LogP contribution is 2.09. The number of aromatic nitrogens is 5. The second-order valence-corrected chi connectivity index (χ2v) is 8.32. The van der Waals surface area contributed by atoms with Crippen LogP contribution in [-0.2, 0) is 0 Å². The van der Waals surface area contributed by atoms with Gasteiger partial charge in [0.05, 0.1) is 0 Å². The molecule has 0 spiro atoms. The molecule has 0 saturated carbocycles. The Morgan fingerprint density at radius 2 is 1.41 bits per heavy atom. The summed E-state index contributed by atoms with van der Waals surface area (Å²) in [5, 5.41) is 8.71. The van der Waals surface area contributed by atoms with Crippen molar-refractivity contribution in [3.8, 4) is 5.95 Å². The van der Waals surface area contributed by atoms with Crippen molar-refractivity contribution in [2.45, 2.75) is 6.92 Å². The van der Waals surface area contributed by atoms with Crippen molar-refractivity contribution in [1.82, 2.24) is 29.4 Å². The van der Waals surface area contributed by atoms with Gasteiger partial charge in [0.1, 0.15) is 0 Å². The second-order valence-electron chi connectivity index (χ2n) is 8.32. The van der Waals surface area contributed by atoms with Crippen molar-refractivity contribution in [3.05, 3.63) is 104 Å². The summed E-state index contributed by atoms with van der Waals surface area (Å²) < 4.78 is 1.56. The Labute approximate surface area is 222 Å². The van der Waals surface area contributed by atoms with Gasteiger partial charge in [0, 0.05) is 49.1 Å². The number of hydrogen-bond acceptors (Lipinski definition) is 10. The molecule has 4 aromatic rings. The molecular weight excluding hydrogens is 502 g/mol. The van der Waals surface area contributed by atoms with Crippen LogP contribution in [-0.4, -0.2) is 62.1 Å². The Hall–Kier alpha value is -5.17. The molecule has 2 aromatic heterocycles. The number of aryl methyl sites for hydroxylation is 1. The van der Waals surface area contributed by atoms with E-state index in [0.717, 1.165) is 4.57 Å². The number of carbonyl (C=O) groups excluding carboxylic acids is 2. The van der Waals surface area contributed by atoms with E-state index in [-0.39, 0.29) is 48.0 Å². The fourth-order valence-electron chi connectivity index (χ4n) is 3.56. The third kappa shape index (κ3) is 6.40. The van der Waals surface area contributed by atoms with E-state index in [2.05, 4.69) is 30.9 Å². The van der Waals surface area contributed by atoms with Gasteiger partial charge in [-0.2, -0.15) is 19.5 Å². The minimum Gasteiger partial charge on any atom is -0.353 e. The molecule has 13 heteroatoms. The third-order valence-corrected chi connectivity index (χ3v) is 5.48. The molecule has 0 aliphatic rings. The molecule has 0 saturated heterocycles. The van der Waals surface area contributed by atoms with Gasteiger partial charge in [-0.1, -0.05) is 36.4 Å². The van der Waals surface area contributed by atoms with Crippen LogP contribution in [0.4, 0.5) is 11.9 Å². The van der Waals surface area contributed by atoms with Crippen LogP contribution < -0.4 is 32.9 Å². The van der Waals surface area contributed by atoms with Crippen LogP contribution in [0.25, 0.3) is 5.95 Å². The number of nitrogens with two attached hydrogens (primary N) is 1. The lowest BCUT2D eigenvalue weighted by atomic mass is 10.2. The number of benzene rings is 2. The first-order chi connectivity index (χ1) is 18.9. The molecule has 1 amide bonds. The minimum atomic E-state index is -0.934. The van der Waals surface area contributed by atoms with Crippen molar-refractivity contribution >= 4 is 23.7 Å². The topological polar surface area (TPSA) is 179 Å². The molecule has 200 valence electrons. The lowest BCUT2D eigenvalue weighted by molar-refractivity contribution is 0.0943. The van der Waals surface area contributed by atoms with E-state index in [1.165, 1.54) is 25.3 Å². The summed E-state index contributed by atoms with van der Waals surface area (Å²) in [4.78, 5) is 64.3. The molecule has 0 fully saturated rings. The standard InChI is InChI=1S/C26H27N9O4/c1-17-16-34(26(39)35(21(17)37)22(38)19-10-6-3-7-11-19)25-32-23(29-13-12-27)31-24(33-25)30-15-14-28-20(36)18-8-4-2-5-9-18/h2-11,16H,12-15,27H2,1H3,(H,28,36)(H2,29,30,31,32,33). The monoisotopic (exact) mass is 529 g/mol. The molecule has 5 N–H and O–H groups in total. The SMILES string of the molecule is Cc1cn(-c2nc(NCCN)nc(NCCNC(=O)c3ccccc3)n2)c(=O)n(C(=O)c2ccccc2)c1=O. The average Bonchev–Trinajstić information content (AvgIpc) is 2.96. The maximum absolute atomic E-state index is 13.4. The fraction of sp³-hybridized carbons (Fsp3) is 0.192. The van der Waals surface area contributed by atoms with Gasteiger partial charge < -0.3 is 21.7 Å². The van der Waals surface area contributed by atoms with E-state index < -0.39 is 17.2 Å². The Balaban J connectivity index is 1.62. The van der Waals surface area contributed by atoms with Crippen LogP contribution in [0.15, 0.2) is 76.4 Å². The summed E-state index contributed by atoms with van der Waals surface area (Å²) in [6, 6.07) is 16.8. The number of hydrogen-bond donors (Lipinski definition) is 4. The smallest absolute Gasteiger partial charge is 0.345 e. The van der Waals surface area contributed by atoms with Crippen LogP contribution in [0, 0.1) is 6.92 Å². The van der Waals surface area contributed by atoms with E-state index in [1.807, 2.05) is 6.07 Å². The Kier molecular flexibility index (Phi) is 8.53. The summed E-state index contributed by atoms with van der Waals surface area (Å²) in [6.07, 6.45) is 1.27. The predicted molar refractivity (Wildman–Crippen MR) is 145 cm³/mol. The second kappa shape index (κ2) is 12.4. The normalized spacial score (nSPS) is 10.6. The molecule has 2 aromatic carbocycles. The predicted octanol–water partition coefficient (Wildman–Crippen LogP) is 0.394. The first-order valence-corrected chi connectivity index (χ1v) is 12.1. The van der Waals surface area contributed by atoms with E-state index >= 15 is 0 Å². The Morgan fingerprint density at radius 3 is 2.03 bits per heavy atom. The van der Waals surface area contributed by atoms with Gasteiger partial charge >= 0.3 is 5.69 Å². The van der Waals surface area contributed by atoms with E-state index in [1.54, 1.807) is 42.5 Å². The van der Waals surface area contributed by atoms with Crippen LogP contribution >= 0.6 is 0 Å². The highest BCUT2D eigenvalue weighted by Gasteiger charge is 2.20. The van der Waals surface area contributed by atoms with Crippen LogP contribution in [0.2, 0.25) is 0 Å². The van der Waals surface area contributed by atoms with Gasteiger partial charge in [0.25, 0.3) is 17.4 Å². The molecule has 0 aliphatic heterocycles. The quantitative estimate of drug-likeness (QED) is 0.210. The molecule has 0 radical (unpaired) electrons. The van der Waals surface area contributed by atoms with Crippen LogP contribution in [0.5, 0.6) is 0 Å². The van der Waals surface area contributed by atoms with E-state index in [4.69, 9.17) is 5.73 Å². The van der Waals surface area contributed by atoms with Crippen molar-refractivity contribution in [3.63, 3.8) is 0 Å². The Bertz CT molecular complexity index is 1590. The largest absolute Gasteiger partial charge is 0.353 e. The third-order valence-electron chi connectivity index (χ3n) is 5.48. The van der Waals surface area contributed by atoms with Crippen LogP contribution in [0.1, 0.15) is 26.3 Å². The highest BCUT2D eigenvalue weighted by molar-refractivity contribution is 5.95. The van der Waals surface area contributed by atoms with Gasteiger partial charge in [-0.25, -0.2) is 9.36 Å². The molecular formula is C26H27N9O4. The van der Waals surface area contributed by atoms with Crippen molar-refractivity contribution in [2.75, 3.05) is 36.8 Å². The summed E-state index contributed by atoms with van der Waals surface area (Å²) in [5.74, 6) is -0.899. The molecule has 0 atom stereocenters. The van der Waals surface area contributed by atoms with Crippen molar-refractivity contribution < 1.29 is 9.59 Å². The van der Waals surface area contributed by atoms with Gasteiger partial charge in [0.15, 0.2) is 0 Å². The van der Waals surface area contributed by atoms with Crippen molar-refractivity contribution in [1.29, 1.82) is 0 Å². The van der Waals surface area contributed by atoms with Gasteiger partial charge in [-0.05, 0) is 31.2 Å². The van der Waals surface area contributed by atoms with Crippen LogP contribution in [0.3, 0.4) is 0 Å². The van der Waals surface area contributed by atoms with Gasteiger partial charge in [-0.3, -0.25) is 14.4 Å². The first-order valence-electron chi connectivity index (χ1n) is 12.1. The summed E-state index contributed by atoms with van der Waals surface area (Å²) >= 11 is 0. The number of nitrogens with one attached hydrogen (secondary N) is 3. The zero-order valence-corrected chi connectivity index (χ0v) is 21.1. The van der Waals surface area contributed by atoms with E-state index in [0.29, 0.717) is 23.2 Å². The zero-order valence-electron chi connectivity index (χ0n) is 21.1. The lowest BCUT2D eigenvalue weighted by Crippen LogP contribution is -2.44. The summed E-state index contributed by atoms with van der Waals surface area (Å²) in [7, 11) is 0. The highest BCUT2D eigenvalue weighted by atomic mass is 16.2. The fourth-order valence-corrected chi connectivity index (χ4v) is 3.56. The molecule has 13 nitrogen and oxygen atoms in total. The number of anilines is 2. The molecule has 0 bridgehead atoms. The van der Waals surface area contributed by atoms with Gasteiger partial charge in [-0.15, -0.1) is 0 Å². The average molecular weight is 530 g/mol. The summed E-state index contributed by atoms with van der Waals surface area (Å²) in [6.45, 7) is 2.64. The minimum absolute atomic E-state index is 0.102. The number of rotatable bonds is 10. The molecule has 39 heavy (non-hydrogen) atoms. The number of amides is 1. The maximum atomic E-state index is 13.4. The molecule has 2 heterocycles. The van der Waals surface area contributed by atoms with Gasteiger partial charge in [0.2, 0.25) is 17.8 Å². The van der Waals surface area contributed by atoms with Crippen molar-refractivity contribution in [2.24, 2.45) is 5.73 Å². The Morgan fingerprint density at radius 1 is 0.821 bits per heavy atom. The first kappa shape index (κ1) is 26.9.